The Morgan fingerprint density at radius 1 is 1.29 bits per heavy atom. The number of carbonyl (C=O) groups is 1. The number of amides is 1. The van der Waals surface area contributed by atoms with Gasteiger partial charge in [0.1, 0.15) is 17.6 Å². The second-order valence-corrected chi connectivity index (χ2v) is 4.00. The first kappa shape index (κ1) is 13.1. The van der Waals surface area contributed by atoms with Gasteiger partial charge in [-0.1, -0.05) is 13.8 Å². The molecule has 0 radical (unpaired) electrons. The number of carbonyl (C=O) groups excluding carboxylic acids is 1. The summed E-state index contributed by atoms with van der Waals surface area (Å²) >= 11 is 0. The zero-order valence-electron chi connectivity index (χ0n) is 9.50. The normalized spacial score (nSPS) is 12.0. The molecule has 5 heteroatoms. The highest BCUT2D eigenvalue weighted by Crippen LogP contribution is 2.16. The van der Waals surface area contributed by atoms with Crippen molar-refractivity contribution >= 4 is 11.6 Å². The quantitative estimate of drug-likeness (QED) is 0.880. The number of benzene rings is 1. The molecule has 0 saturated carbocycles. The average molecular weight is 238 g/mol. The summed E-state index contributed by atoms with van der Waals surface area (Å²) in [6, 6.07) is 4.55. The third-order valence-electron chi connectivity index (χ3n) is 2.22. The smallest absolute Gasteiger partial charge is 0.241 e. The number of nitriles is 1. The van der Waals surface area contributed by atoms with Gasteiger partial charge in [0.2, 0.25) is 5.91 Å². The van der Waals surface area contributed by atoms with Gasteiger partial charge in [0, 0.05) is 11.8 Å². The van der Waals surface area contributed by atoms with Gasteiger partial charge in [0.05, 0.1) is 6.07 Å². The van der Waals surface area contributed by atoms with Crippen molar-refractivity contribution < 1.29 is 13.6 Å². The van der Waals surface area contributed by atoms with Crippen LogP contribution in [0.5, 0.6) is 0 Å². The predicted molar refractivity (Wildman–Crippen MR) is 58.9 cm³/mol. The molecule has 1 aromatic rings. The molecule has 1 aromatic carbocycles. The third-order valence-corrected chi connectivity index (χ3v) is 2.22. The van der Waals surface area contributed by atoms with Gasteiger partial charge in [-0.15, -0.1) is 0 Å². The summed E-state index contributed by atoms with van der Waals surface area (Å²) < 4.78 is 25.7. The molecule has 1 unspecified atom stereocenters. The number of nitrogens with zero attached hydrogens (tertiary/aromatic N) is 1. The fourth-order valence-corrected chi connectivity index (χ4v) is 1.36. The Balaban J connectivity index is 2.84. The molecule has 0 aliphatic heterocycles. The second kappa shape index (κ2) is 5.39. The molecule has 0 fully saturated rings. The fraction of sp³-hybridized carbons (Fsp3) is 0.333. The van der Waals surface area contributed by atoms with Crippen LogP contribution in [0.1, 0.15) is 13.8 Å². The van der Waals surface area contributed by atoms with Crippen molar-refractivity contribution in [1.29, 1.82) is 5.26 Å². The van der Waals surface area contributed by atoms with Crippen molar-refractivity contribution in [3.63, 3.8) is 0 Å². The van der Waals surface area contributed by atoms with E-state index in [9.17, 15) is 13.6 Å². The van der Waals surface area contributed by atoms with E-state index < -0.39 is 23.5 Å². The lowest BCUT2D eigenvalue weighted by atomic mass is 9.96. The molecule has 0 saturated heterocycles. The van der Waals surface area contributed by atoms with Crippen molar-refractivity contribution in [2.24, 2.45) is 11.8 Å². The average Bonchev–Trinajstić information content (AvgIpc) is 2.15. The third kappa shape index (κ3) is 3.52. The standard InChI is InChI=1S/C12H12F2N2O/c1-7(2)11(6-15)12(17)16-10-4-8(13)3-9(14)5-10/h3-5,7,11H,1-2H3,(H,16,17). The number of rotatable bonds is 3. The van der Waals surface area contributed by atoms with Gasteiger partial charge in [-0.3, -0.25) is 4.79 Å². The Labute approximate surface area is 98.1 Å². The molecular formula is C12H12F2N2O. The molecule has 0 spiro atoms. The van der Waals surface area contributed by atoms with Crippen molar-refractivity contribution in [3.8, 4) is 6.07 Å². The lowest BCUT2D eigenvalue weighted by Crippen LogP contribution is -2.25. The van der Waals surface area contributed by atoms with Gasteiger partial charge < -0.3 is 5.32 Å². The van der Waals surface area contributed by atoms with Gasteiger partial charge in [0.25, 0.3) is 0 Å². The first-order valence-electron chi connectivity index (χ1n) is 5.10. The number of hydrogen-bond acceptors (Lipinski definition) is 2. The van der Waals surface area contributed by atoms with Crippen LogP contribution in [-0.2, 0) is 4.79 Å². The lowest BCUT2D eigenvalue weighted by Gasteiger charge is -2.13. The molecule has 17 heavy (non-hydrogen) atoms. The maximum atomic E-state index is 12.9. The number of nitrogens with one attached hydrogen (secondary N) is 1. The van der Waals surface area contributed by atoms with E-state index in [0.717, 1.165) is 12.1 Å². The predicted octanol–water partition coefficient (Wildman–Crippen LogP) is 2.70. The monoisotopic (exact) mass is 238 g/mol. The van der Waals surface area contributed by atoms with E-state index in [-0.39, 0.29) is 11.6 Å². The number of halogens is 2. The summed E-state index contributed by atoms with van der Waals surface area (Å²) in [6.45, 7) is 3.44. The minimum absolute atomic E-state index is 0.00778. The molecule has 0 aliphatic carbocycles. The van der Waals surface area contributed by atoms with Crippen LogP contribution in [0.3, 0.4) is 0 Å². The minimum atomic E-state index is -0.846. The van der Waals surface area contributed by atoms with E-state index in [1.54, 1.807) is 13.8 Å². The summed E-state index contributed by atoms with van der Waals surface area (Å²) in [6.07, 6.45) is 0. The second-order valence-electron chi connectivity index (χ2n) is 4.00. The highest BCUT2D eigenvalue weighted by molar-refractivity contribution is 5.94. The largest absolute Gasteiger partial charge is 0.325 e. The van der Waals surface area contributed by atoms with Crippen LogP contribution >= 0.6 is 0 Å². The fourth-order valence-electron chi connectivity index (χ4n) is 1.36. The molecule has 1 N–H and O–H groups in total. The van der Waals surface area contributed by atoms with Crippen LogP contribution in [0.25, 0.3) is 0 Å². The Hall–Kier alpha value is -1.96. The van der Waals surface area contributed by atoms with E-state index >= 15 is 0 Å². The lowest BCUT2D eigenvalue weighted by molar-refractivity contribution is -0.119. The first-order chi connectivity index (χ1) is 7.93. The van der Waals surface area contributed by atoms with Crippen LogP contribution in [-0.4, -0.2) is 5.91 Å². The van der Waals surface area contributed by atoms with Crippen LogP contribution < -0.4 is 5.32 Å². The number of anilines is 1. The first-order valence-corrected chi connectivity index (χ1v) is 5.10. The van der Waals surface area contributed by atoms with E-state index in [1.807, 2.05) is 6.07 Å². The maximum Gasteiger partial charge on any atom is 0.241 e. The van der Waals surface area contributed by atoms with E-state index in [0.29, 0.717) is 6.07 Å². The van der Waals surface area contributed by atoms with Gasteiger partial charge in [-0.05, 0) is 18.1 Å². The molecule has 1 rings (SSSR count). The maximum absolute atomic E-state index is 12.9. The molecule has 0 heterocycles. The molecule has 3 nitrogen and oxygen atoms in total. The van der Waals surface area contributed by atoms with Crippen molar-refractivity contribution in [1.82, 2.24) is 0 Å². The zero-order chi connectivity index (χ0) is 13.0. The molecular weight excluding hydrogens is 226 g/mol. The summed E-state index contributed by atoms with van der Waals surface area (Å²) in [5, 5.41) is 11.1. The van der Waals surface area contributed by atoms with Crippen molar-refractivity contribution in [2.45, 2.75) is 13.8 Å². The van der Waals surface area contributed by atoms with Crippen LogP contribution in [0, 0.1) is 34.8 Å². The molecule has 0 aliphatic rings. The highest BCUT2D eigenvalue weighted by atomic mass is 19.1. The van der Waals surface area contributed by atoms with Gasteiger partial charge >= 0.3 is 0 Å². The molecule has 1 atom stereocenters. The Morgan fingerprint density at radius 2 is 1.82 bits per heavy atom. The summed E-state index contributed by atoms with van der Waals surface area (Å²) in [5.74, 6) is -3.14. The molecule has 1 amide bonds. The summed E-state index contributed by atoms with van der Waals surface area (Å²) in [7, 11) is 0. The topological polar surface area (TPSA) is 52.9 Å². The SMILES string of the molecule is CC(C)C(C#N)C(=O)Nc1cc(F)cc(F)c1. The molecule has 90 valence electrons. The molecule has 0 bridgehead atoms. The van der Waals surface area contributed by atoms with E-state index in [1.165, 1.54) is 0 Å². The van der Waals surface area contributed by atoms with Crippen LogP contribution in [0.15, 0.2) is 18.2 Å². The minimum Gasteiger partial charge on any atom is -0.325 e. The highest BCUT2D eigenvalue weighted by Gasteiger charge is 2.21. The van der Waals surface area contributed by atoms with Crippen molar-refractivity contribution in [3.05, 3.63) is 29.8 Å². The van der Waals surface area contributed by atoms with Crippen molar-refractivity contribution in [2.75, 3.05) is 5.32 Å². The summed E-state index contributed by atoms with van der Waals surface area (Å²) in [4.78, 5) is 11.6. The Kier molecular flexibility index (Phi) is 4.16. The zero-order valence-corrected chi connectivity index (χ0v) is 9.50. The van der Waals surface area contributed by atoms with E-state index in [4.69, 9.17) is 5.26 Å². The van der Waals surface area contributed by atoms with Gasteiger partial charge in [-0.2, -0.15) is 5.26 Å². The van der Waals surface area contributed by atoms with Gasteiger partial charge in [-0.25, -0.2) is 8.78 Å². The van der Waals surface area contributed by atoms with E-state index in [2.05, 4.69) is 5.32 Å². The van der Waals surface area contributed by atoms with Crippen LogP contribution in [0.2, 0.25) is 0 Å². The van der Waals surface area contributed by atoms with Crippen LogP contribution in [0.4, 0.5) is 14.5 Å². The summed E-state index contributed by atoms with van der Waals surface area (Å²) in [5.41, 5.74) is 0.00778. The van der Waals surface area contributed by atoms with Gasteiger partial charge in [0.15, 0.2) is 0 Å². The Morgan fingerprint density at radius 3 is 2.24 bits per heavy atom. The Bertz CT molecular complexity index is 446. The molecule has 0 aromatic heterocycles. The number of hydrogen-bond donors (Lipinski definition) is 1.